The minimum Gasteiger partial charge on any atom is -0.370 e. The number of carbonyl (C=O) groups is 2. The molecule has 1 aromatic heterocycles. The van der Waals surface area contributed by atoms with Gasteiger partial charge in [-0.05, 0) is 18.9 Å². The fourth-order valence-corrected chi connectivity index (χ4v) is 1.86. The highest BCUT2D eigenvalue weighted by Crippen LogP contribution is 2.18. The third-order valence-electron chi connectivity index (χ3n) is 2.72. The highest BCUT2D eigenvalue weighted by Gasteiger charge is 2.23. The van der Waals surface area contributed by atoms with Crippen LogP contribution in [-0.2, 0) is 4.79 Å². The predicted molar refractivity (Wildman–Crippen MR) is 78.7 cm³/mol. The van der Waals surface area contributed by atoms with Gasteiger partial charge in [-0.3, -0.25) is 9.59 Å². The quantitative estimate of drug-likeness (QED) is 0.739. The molecule has 0 saturated carbocycles. The first-order valence-corrected chi connectivity index (χ1v) is 6.74. The average Bonchev–Trinajstić information content (AvgIpc) is 2.37. The van der Waals surface area contributed by atoms with Crippen LogP contribution in [0.15, 0.2) is 12.3 Å². The number of anilines is 1. The SMILES string of the molecule is CCNc1cc(C(=O)NC(C(N)=O)C(C)C)c(Cl)cn1. The lowest BCUT2D eigenvalue weighted by molar-refractivity contribution is -0.120. The van der Waals surface area contributed by atoms with Crippen LogP contribution in [0.2, 0.25) is 5.02 Å². The Morgan fingerprint density at radius 3 is 2.60 bits per heavy atom. The Balaban J connectivity index is 2.96. The van der Waals surface area contributed by atoms with Crippen LogP contribution in [0.25, 0.3) is 0 Å². The fraction of sp³-hybridized carbons (Fsp3) is 0.462. The van der Waals surface area contributed by atoms with Crippen LogP contribution in [0, 0.1) is 5.92 Å². The van der Waals surface area contributed by atoms with Crippen LogP contribution >= 0.6 is 11.6 Å². The Bertz CT molecular complexity index is 505. The van der Waals surface area contributed by atoms with Gasteiger partial charge in [0.1, 0.15) is 11.9 Å². The van der Waals surface area contributed by atoms with Crippen molar-refractivity contribution in [2.75, 3.05) is 11.9 Å². The van der Waals surface area contributed by atoms with E-state index in [0.29, 0.717) is 12.4 Å². The third-order valence-corrected chi connectivity index (χ3v) is 3.02. The summed E-state index contributed by atoms with van der Waals surface area (Å²) in [6, 6.07) is 0.800. The standard InChI is InChI=1S/C13H19ClN4O2/c1-4-16-10-5-8(9(14)6-17-10)13(20)18-11(7(2)3)12(15)19/h5-7,11H,4H2,1-3H3,(H2,15,19)(H,16,17)(H,18,20). The smallest absolute Gasteiger partial charge is 0.253 e. The van der Waals surface area contributed by atoms with Gasteiger partial charge in [0.05, 0.1) is 10.6 Å². The van der Waals surface area contributed by atoms with Gasteiger partial charge in [-0.2, -0.15) is 0 Å². The van der Waals surface area contributed by atoms with Crippen molar-refractivity contribution in [3.05, 3.63) is 22.8 Å². The maximum atomic E-state index is 12.2. The number of aromatic nitrogens is 1. The zero-order chi connectivity index (χ0) is 15.3. The summed E-state index contributed by atoms with van der Waals surface area (Å²) in [6.07, 6.45) is 1.39. The van der Waals surface area contributed by atoms with Crippen molar-refractivity contribution < 1.29 is 9.59 Å². The van der Waals surface area contributed by atoms with Gasteiger partial charge in [-0.1, -0.05) is 25.4 Å². The van der Waals surface area contributed by atoms with E-state index in [1.165, 1.54) is 6.20 Å². The zero-order valence-corrected chi connectivity index (χ0v) is 12.5. The minimum atomic E-state index is -0.741. The monoisotopic (exact) mass is 298 g/mol. The Labute approximate surface area is 123 Å². The minimum absolute atomic E-state index is 0.106. The van der Waals surface area contributed by atoms with E-state index in [2.05, 4.69) is 15.6 Å². The van der Waals surface area contributed by atoms with Crippen LogP contribution < -0.4 is 16.4 Å². The molecule has 0 aromatic carbocycles. The molecule has 0 radical (unpaired) electrons. The number of hydrogen-bond acceptors (Lipinski definition) is 4. The maximum Gasteiger partial charge on any atom is 0.253 e. The van der Waals surface area contributed by atoms with Crippen LogP contribution in [0.3, 0.4) is 0 Å². The van der Waals surface area contributed by atoms with Gasteiger partial charge < -0.3 is 16.4 Å². The van der Waals surface area contributed by atoms with E-state index in [1.807, 2.05) is 6.92 Å². The molecular formula is C13H19ClN4O2. The van der Waals surface area contributed by atoms with Crippen LogP contribution in [-0.4, -0.2) is 29.4 Å². The van der Waals surface area contributed by atoms with Crippen molar-refractivity contribution in [3.63, 3.8) is 0 Å². The summed E-state index contributed by atoms with van der Waals surface area (Å²) in [5.41, 5.74) is 5.52. The van der Waals surface area contributed by atoms with Gasteiger partial charge in [0, 0.05) is 12.7 Å². The molecule has 0 aliphatic heterocycles. The molecule has 0 fully saturated rings. The lowest BCUT2D eigenvalue weighted by atomic mass is 10.0. The fourth-order valence-electron chi connectivity index (χ4n) is 1.68. The van der Waals surface area contributed by atoms with Gasteiger partial charge in [-0.15, -0.1) is 0 Å². The molecule has 4 N–H and O–H groups in total. The molecule has 6 nitrogen and oxygen atoms in total. The molecule has 0 spiro atoms. The van der Waals surface area contributed by atoms with Crippen molar-refractivity contribution in [1.29, 1.82) is 0 Å². The number of primary amides is 1. The molecule has 110 valence electrons. The second kappa shape index (κ2) is 7.09. The normalized spacial score (nSPS) is 12.1. The van der Waals surface area contributed by atoms with Gasteiger partial charge in [0.25, 0.3) is 5.91 Å². The molecule has 1 atom stereocenters. The number of nitrogens with two attached hydrogens (primary N) is 1. The summed E-state index contributed by atoms with van der Waals surface area (Å²) in [5, 5.41) is 5.79. The van der Waals surface area contributed by atoms with E-state index >= 15 is 0 Å². The third kappa shape index (κ3) is 4.09. The van der Waals surface area contributed by atoms with E-state index in [1.54, 1.807) is 19.9 Å². The Hall–Kier alpha value is -1.82. The Morgan fingerprint density at radius 2 is 2.10 bits per heavy atom. The lowest BCUT2D eigenvalue weighted by Crippen LogP contribution is -2.47. The van der Waals surface area contributed by atoms with Crippen molar-refractivity contribution in [2.45, 2.75) is 26.8 Å². The first-order chi connectivity index (χ1) is 9.36. The Morgan fingerprint density at radius 1 is 1.45 bits per heavy atom. The number of pyridine rings is 1. The van der Waals surface area contributed by atoms with Crippen LogP contribution in [0.4, 0.5) is 5.82 Å². The van der Waals surface area contributed by atoms with Crippen LogP contribution in [0.1, 0.15) is 31.1 Å². The van der Waals surface area contributed by atoms with Gasteiger partial charge in [0.15, 0.2) is 0 Å². The lowest BCUT2D eigenvalue weighted by Gasteiger charge is -2.19. The van der Waals surface area contributed by atoms with Gasteiger partial charge in [-0.25, -0.2) is 4.98 Å². The second-order valence-corrected chi connectivity index (χ2v) is 5.08. The highest BCUT2D eigenvalue weighted by molar-refractivity contribution is 6.33. The largest absolute Gasteiger partial charge is 0.370 e. The number of halogens is 1. The number of nitrogens with one attached hydrogen (secondary N) is 2. The topological polar surface area (TPSA) is 97.1 Å². The van der Waals surface area contributed by atoms with E-state index in [4.69, 9.17) is 17.3 Å². The van der Waals surface area contributed by atoms with Crippen molar-refractivity contribution in [2.24, 2.45) is 11.7 Å². The van der Waals surface area contributed by atoms with Crippen molar-refractivity contribution in [3.8, 4) is 0 Å². The van der Waals surface area contributed by atoms with E-state index in [-0.39, 0.29) is 16.5 Å². The van der Waals surface area contributed by atoms with E-state index < -0.39 is 17.9 Å². The van der Waals surface area contributed by atoms with Gasteiger partial charge >= 0.3 is 0 Å². The van der Waals surface area contributed by atoms with Gasteiger partial charge in [0.2, 0.25) is 5.91 Å². The highest BCUT2D eigenvalue weighted by atomic mass is 35.5. The van der Waals surface area contributed by atoms with E-state index in [9.17, 15) is 9.59 Å². The molecule has 0 bridgehead atoms. The summed E-state index contributed by atoms with van der Waals surface area (Å²) in [6.45, 7) is 6.19. The molecule has 1 heterocycles. The molecule has 1 aromatic rings. The molecule has 7 heteroatoms. The number of amides is 2. The summed E-state index contributed by atoms with van der Waals surface area (Å²) in [5.74, 6) is -0.591. The summed E-state index contributed by atoms with van der Waals surface area (Å²) < 4.78 is 0. The van der Waals surface area contributed by atoms with E-state index in [0.717, 1.165) is 0 Å². The first kappa shape index (κ1) is 16.2. The predicted octanol–water partition coefficient (Wildman–Crippen LogP) is 1.41. The Kier molecular flexibility index (Phi) is 5.76. The zero-order valence-electron chi connectivity index (χ0n) is 11.7. The molecule has 2 amide bonds. The second-order valence-electron chi connectivity index (χ2n) is 4.68. The number of hydrogen-bond donors (Lipinski definition) is 3. The summed E-state index contributed by atoms with van der Waals surface area (Å²) >= 11 is 5.97. The van der Waals surface area contributed by atoms with Crippen molar-refractivity contribution in [1.82, 2.24) is 10.3 Å². The molecule has 0 aliphatic carbocycles. The van der Waals surface area contributed by atoms with Crippen LogP contribution in [0.5, 0.6) is 0 Å². The number of rotatable bonds is 6. The maximum absolute atomic E-state index is 12.2. The molecule has 1 rings (SSSR count). The first-order valence-electron chi connectivity index (χ1n) is 6.36. The molecule has 0 saturated heterocycles. The molecule has 1 unspecified atom stereocenters. The average molecular weight is 299 g/mol. The number of nitrogens with zero attached hydrogens (tertiary/aromatic N) is 1. The van der Waals surface area contributed by atoms with Crippen molar-refractivity contribution >= 4 is 29.2 Å². The molecule has 20 heavy (non-hydrogen) atoms. The summed E-state index contributed by atoms with van der Waals surface area (Å²) in [4.78, 5) is 27.5. The summed E-state index contributed by atoms with van der Waals surface area (Å²) in [7, 11) is 0. The molecular weight excluding hydrogens is 280 g/mol. The molecule has 0 aliphatic rings. The number of carbonyl (C=O) groups excluding carboxylic acids is 2.